The van der Waals surface area contributed by atoms with Crippen LogP contribution in [0.1, 0.15) is 27.0 Å². The number of thioether (sulfide) groups is 1. The molecular formula is C24H25NO2S. The molecule has 0 spiro atoms. The molecule has 0 saturated heterocycles. The van der Waals surface area contributed by atoms with E-state index in [9.17, 15) is 4.79 Å². The zero-order valence-electron chi connectivity index (χ0n) is 16.3. The van der Waals surface area contributed by atoms with Crippen molar-refractivity contribution in [3.05, 3.63) is 95.1 Å². The number of rotatable bonds is 8. The molecule has 0 heterocycles. The monoisotopic (exact) mass is 391 g/mol. The van der Waals surface area contributed by atoms with Gasteiger partial charge in [-0.15, -0.1) is 11.8 Å². The third kappa shape index (κ3) is 5.64. The molecule has 3 rings (SSSR count). The predicted molar refractivity (Wildman–Crippen MR) is 116 cm³/mol. The highest BCUT2D eigenvalue weighted by Crippen LogP contribution is 2.26. The summed E-state index contributed by atoms with van der Waals surface area (Å²) < 4.78 is 5.82. The minimum Gasteiger partial charge on any atom is -0.491 e. The molecule has 0 atom stereocenters. The molecule has 144 valence electrons. The van der Waals surface area contributed by atoms with E-state index >= 15 is 0 Å². The van der Waals surface area contributed by atoms with Crippen LogP contribution in [-0.2, 0) is 5.75 Å². The molecular weight excluding hydrogens is 366 g/mol. The first-order valence-electron chi connectivity index (χ1n) is 9.37. The number of benzene rings is 3. The van der Waals surface area contributed by atoms with Crippen LogP contribution >= 0.6 is 11.8 Å². The molecule has 3 aromatic rings. The van der Waals surface area contributed by atoms with Crippen molar-refractivity contribution in [2.45, 2.75) is 24.5 Å². The molecule has 0 aromatic heterocycles. The third-order valence-corrected chi connectivity index (χ3v) is 5.50. The van der Waals surface area contributed by atoms with Crippen molar-refractivity contribution >= 4 is 17.7 Å². The van der Waals surface area contributed by atoms with Crippen molar-refractivity contribution in [1.29, 1.82) is 0 Å². The van der Waals surface area contributed by atoms with Gasteiger partial charge in [-0.2, -0.15) is 0 Å². The number of hydrogen-bond acceptors (Lipinski definition) is 3. The summed E-state index contributed by atoms with van der Waals surface area (Å²) in [7, 11) is 0. The first-order chi connectivity index (χ1) is 13.6. The van der Waals surface area contributed by atoms with Crippen molar-refractivity contribution in [2.75, 3.05) is 13.2 Å². The SMILES string of the molecule is Cc1ccc(C)c(OCCNC(=O)c2ccccc2SCc2ccccc2)c1. The summed E-state index contributed by atoms with van der Waals surface area (Å²) in [6, 6.07) is 24.1. The number of nitrogens with one attached hydrogen (secondary N) is 1. The van der Waals surface area contributed by atoms with Crippen LogP contribution in [0.3, 0.4) is 0 Å². The summed E-state index contributed by atoms with van der Waals surface area (Å²) in [5.41, 5.74) is 4.20. The molecule has 0 saturated carbocycles. The van der Waals surface area contributed by atoms with Crippen LogP contribution in [0.4, 0.5) is 0 Å². The second-order valence-electron chi connectivity index (χ2n) is 6.64. The minimum absolute atomic E-state index is 0.0688. The fourth-order valence-electron chi connectivity index (χ4n) is 2.80. The second-order valence-corrected chi connectivity index (χ2v) is 7.66. The van der Waals surface area contributed by atoms with Gasteiger partial charge in [-0.25, -0.2) is 0 Å². The molecule has 0 fully saturated rings. The van der Waals surface area contributed by atoms with Gasteiger partial charge in [0.05, 0.1) is 12.1 Å². The Morgan fingerprint density at radius 3 is 2.54 bits per heavy atom. The summed E-state index contributed by atoms with van der Waals surface area (Å²) in [4.78, 5) is 13.6. The number of amides is 1. The normalized spacial score (nSPS) is 10.5. The van der Waals surface area contributed by atoms with Crippen LogP contribution in [0.15, 0.2) is 77.7 Å². The third-order valence-electron chi connectivity index (χ3n) is 4.36. The Labute approximate surface area is 171 Å². The van der Waals surface area contributed by atoms with E-state index in [0.717, 1.165) is 27.5 Å². The van der Waals surface area contributed by atoms with E-state index < -0.39 is 0 Å². The van der Waals surface area contributed by atoms with E-state index in [1.807, 2.05) is 68.4 Å². The lowest BCUT2D eigenvalue weighted by Crippen LogP contribution is -2.28. The molecule has 0 radical (unpaired) electrons. The van der Waals surface area contributed by atoms with Gasteiger partial charge in [0.25, 0.3) is 5.91 Å². The van der Waals surface area contributed by atoms with Gasteiger partial charge in [0.1, 0.15) is 12.4 Å². The van der Waals surface area contributed by atoms with E-state index in [1.54, 1.807) is 11.8 Å². The maximum Gasteiger partial charge on any atom is 0.252 e. The van der Waals surface area contributed by atoms with E-state index in [4.69, 9.17) is 4.74 Å². The van der Waals surface area contributed by atoms with E-state index in [-0.39, 0.29) is 5.91 Å². The van der Waals surface area contributed by atoms with Crippen LogP contribution in [0, 0.1) is 13.8 Å². The smallest absolute Gasteiger partial charge is 0.252 e. The zero-order valence-corrected chi connectivity index (χ0v) is 17.1. The van der Waals surface area contributed by atoms with Crippen molar-refractivity contribution in [2.24, 2.45) is 0 Å². The van der Waals surface area contributed by atoms with Crippen LogP contribution in [0.25, 0.3) is 0 Å². The highest BCUT2D eigenvalue weighted by molar-refractivity contribution is 7.98. The Balaban J connectivity index is 1.53. The summed E-state index contributed by atoms with van der Waals surface area (Å²) in [5, 5.41) is 2.96. The van der Waals surface area contributed by atoms with Gasteiger partial charge < -0.3 is 10.1 Å². The fourth-order valence-corrected chi connectivity index (χ4v) is 3.80. The average molecular weight is 392 g/mol. The van der Waals surface area contributed by atoms with E-state index in [1.165, 1.54) is 5.56 Å². The summed E-state index contributed by atoms with van der Waals surface area (Å²) >= 11 is 1.68. The summed E-state index contributed by atoms with van der Waals surface area (Å²) in [6.45, 7) is 4.96. The Hall–Kier alpha value is -2.72. The molecule has 0 aliphatic carbocycles. The summed E-state index contributed by atoms with van der Waals surface area (Å²) in [5.74, 6) is 1.63. The number of aryl methyl sites for hydroxylation is 2. The van der Waals surface area contributed by atoms with Gasteiger partial charge >= 0.3 is 0 Å². The molecule has 1 amide bonds. The maximum atomic E-state index is 12.6. The molecule has 4 heteroatoms. The van der Waals surface area contributed by atoms with Crippen LogP contribution in [0.2, 0.25) is 0 Å². The Kier molecular flexibility index (Phi) is 7.15. The lowest BCUT2D eigenvalue weighted by atomic mass is 10.1. The van der Waals surface area contributed by atoms with Gasteiger partial charge in [0, 0.05) is 10.6 Å². The van der Waals surface area contributed by atoms with Crippen molar-refractivity contribution in [3.8, 4) is 5.75 Å². The lowest BCUT2D eigenvalue weighted by molar-refractivity contribution is 0.0944. The molecule has 28 heavy (non-hydrogen) atoms. The summed E-state index contributed by atoms with van der Waals surface area (Å²) in [6.07, 6.45) is 0. The molecule has 0 bridgehead atoms. The fraction of sp³-hybridized carbons (Fsp3) is 0.208. The molecule has 0 unspecified atom stereocenters. The molecule has 3 nitrogen and oxygen atoms in total. The Morgan fingerprint density at radius 2 is 1.71 bits per heavy atom. The van der Waals surface area contributed by atoms with Crippen molar-refractivity contribution in [3.63, 3.8) is 0 Å². The Morgan fingerprint density at radius 1 is 0.964 bits per heavy atom. The quantitative estimate of drug-likeness (QED) is 0.412. The van der Waals surface area contributed by atoms with Gasteiger partial charge in [-0.05, 0) is 48.7 Å². The molecule has 3 aromatic carbocycles. The molecule has 0 aliphatic heterocycles. The average Bonchev–Trinajstić information content (AvgIpc) is 2.73. The van der Waals surface area contributed by atoms with Crippen molar-refractivity contribution < 1.29 is 9.53 Å². The molecule has 0 aliphatic rings. The predicted octanol–water partition coefficient (Wildman–Crippen LogP) is 5.40. The first kappa shape index (κ1) is 20.0. The van der Waals surface area contributed by atoms with E-state index in [2.05, 4.69) is 23.5 Å². The van der Waals surface area contributed by atoms with Crippen LogP contribution < -0.4 is 10.1 Å². The first-order valence-corrected chi connectivity index (χ1v) is 10.4. The number of carbonyl (C=O) groups excluding carboxylic acids is 1. The number of carbonyl (C=O) groups is 1. The highest BCUT2D eigenvalue weighted by Gasteiger charge is 2.11. The maximum absolute atomic E-state index is 12.6. The second kappa shape index (κ2) is 10.00. The van der Waals surface area contributed by atoms with Gasteiger partial charge in [-0.1, -0.05) is 54.6 Å². The number of hydrogen-bond donors (Lipinski definition) is 1. The van der Waals surface area contributed by atoms with Gasteiger partial charge in [-0.3, -0.25) is 4.79 Å². The lowest BCUT2D eigenvalue weighted by Gasteiger charge is -2.12. The Bertz CT molecular complexity index is 925. The largest absolute Gasteiger partial charge is 0.491 e. The van der Waals surface area contributed by atoms with Gasteiger partial charge in [0.15, 0.2) is 0 Å². The van der Waals surface area contributed by atoms with Crippen molar-refractivity contribution in [1.82, 2.24) is 5.32 Å². The van der Waals surface area contributed by atoms with Crippen LogP contribution in [0.5, 0.6) is 5.75 Å². The van der Waals surface area contributed by atoms with Gasteiger partial charge in [0.2, 0.25) is 0 Å². The topological polar surface area (TPSA) is 38.3 Å². The zero-order chi connectivity index (χ0) is 19.8. The highest BCUT2D eigenvalue weighted by atomic mass is 32.2. The van der Waals surface area contributed by atoms with E-state index in [0.29, 0.717) is 18.7 Å². The number of ether oxygens (including phenoxy) is 1. The standard InChI is InChI=1S/C24H25NO2S/c1-18-12-13-19(2)22(16-18)27-15-14-25-24(26)21-10-6-7-11-23(21)28-17-20-8-4-3-5-9-20/h3-13,16H,14-15,17H2,1-2H3,(H,25,26). The molecule has 1 N–H and O–H groups in total. The van der Waals surface area contributed by atoms with Crippen LogP contribution in [-0.4, -0.2) is 19.1 Å². The minimum atomic E-state index is -0.0688.